The zero-order valence-corrected chi connectivity index (χ0v) is 16.9. The van der Waals surface area contributed by atoms with E-state index in [4.69, 9.17) is 0 Å². The number of rotatable bonds is 7. The summed E-state index contributed by atoms with van der Waals surface area (Å²) in [7, 11) is 0. The zero-order chi connectivity index (χ0) is 22.3. The van der Waals surface area contributed by atoms with E-state index in [0.29, 0.717) is 23.4 Å². The summed E-state index contributed by atoms with van der Waals surface area (Å²) in [5, 5.41) is 17.5. The number of anilines is 1. The van der Waals surface area contributed by atoms with Gasteiger partial charge in [0.25, 0.3) is 5.91 Å². The maximum absolute atomic E-state index is 13.1. The summed E-state index contributed by atoms with van der Waals surface area (Å²) in [4.78, 5) is 26.3. The van der Waals surface area contributed by atoms with Gasteiger partial charge in [-0.3, -0.25) is 9.59 Å². The number of nitrogens with zero attached hydrogens (tertiary/aromatic N) is 4. The Morgan fingerprint density at radius 1 is 0.906 bits per heavy atom. The number of hydrogen-bond donors (Lipinski definition) is 2. The van der Waals surface area contributed by atoms with Gasteiger partial charge in [-0.1, -0.05) is 42.5 Å². The number of halogens is 1. The number of hydrogen-bond acceptors (Lipinski definition) is 5. The second-order valence-corrected chi connectivity index (χ2v) is 6.91. The Bertz CT molecular complexity index is 1220. The third-order valence-corrected chi connectivity index (χ3v) is 4.58. The summed E-state index contributed by atoms with van der Waals surface area (Å²) >= 11 is 0. The molecule has 8 nitrogen and oxygen atoms in total. The number of tetrazole rings is 1. The molecule has 2 amide bonds. The van der Waals surface area contributed by atoms with Crippen LogP contribution in [0.5, 0.6) is 0 Å². The molecule has 0 bridgehead atoms. The van der Waals surface area contributed by atoms with Gasteiger partial charge in [-0.15, -0.1) is 10.2 Å². The summed E-state index contributed by atoms with van der Waals surface area (Å²) in [5.41, 5.74) is 2.27. The molecule has 0 aliphatic heterocycles. The first-order valence-electron chi connectivity index (χ1n) is 9.83. The van der Waals surface area contributed by atoms with Crippen LogP contribution in [0.4, 0.5) is 10.1 Å². The molecule has 4 aromatic rings. The molecule has 1 aromatic heterocycles. The van der Waals surface area contributed by atoms with Crippen molar-refractivity contribution in [3.05, 3.63) is 95.8 Å². The SMILES string of the molecule is O=C(Cn1nnc(-c2ccc(F)cc2)n1)Nc1ccccc1C(=O)NCc1ccccc1. The first-order valence-corrected chi connectivity index (χ1v) is 9.83. The van der Waals surface area contributed by atoms with Crippen LogP contribution in [0, 0.1) is 5.82 Å². The van der Waals surface area contributed by atoms with E-state index in [1.165, 1.54) is 24.3 Å². The number of aromatic nitrogens is 4. The minimum Gasteiger partial charge on any atom is -0.348 e. The molecule has 0 atom stereocenters. The van der Waals surface area contributed by atoms with Crippen molar-refractivity contribution >= 4 is 17.5 Å². The summed E-state index contributed by atoms with van der Waals surface area (Å²) in [5.74, 6) is -0.816. The molecule has 0 saturated carbocycles. The number of benzene rings is 3. The lowest BCUT2D eigenvalue weighted by Gasteiger charge is -2.11. The molecule has 2 N–H and O–H groups in total. The van der Waals surface area contributed by atoms with Crippen molar-refractivity contribution in [3.63, 3.8) is 0 Å². The molecule has 0 aliphatic rings. The predicted molar refractivity (Wildman–Crippen MR) is 116 cm³/mol. The van der Waals surface area contributed by atoms with Crippen molar-refractivity contribution in [2.75, 3.05) is 5.32 Å². The molecule has 0 saturated heterocycles. The lowest BCUT2D eigenvalue weighted by molar-refractivity contribution is -0.117. The Morgan fingerprint density at radius 3 is 2.41 bits per heavy atom. The Labute approximate surface area is 183 Å². The van der Waals surface area contributed by atoms with Gasteiger partial charge in [-0.2, -0.15) is 4.80 Å². The largest absolute Gasteiger partial charge is 0.348 e. The van der Waals surface area contributed by atoms with Gasteiger partial charge in [0.1, 0.15) is 12.4 Å². The van der Waals surface area contributed by atoms with Crippen LogP contribution in [-0.4, -0.2) is 32.0 Å². The molecular formula is C23H19FN6O2. The maximum Gasteiger partial charge on any atom is 0.253 e. The minimum atomic E-state index is -0.420. The van der Waals surface area contributed by atoms with E-state index in [1.807, 2.05) is 30.3 Å². The van der Waals surface area contributed by atoms with Crippen molar-refractivity contribution < 1.29 is 14.0 Å². The van der Waals surface area contributed by atoms with Gasteiger partial charge in [0.05, 0.1) is 11.3 Å². The van der Waals surface area contributed by atoms with Gasteiger partial charge in [0, 0.05) is 12.1 Å². The number of amides is 2. The molecule has 3 aromatic carbocycles. The average molecular weight is 430 g/mol. The molecule has 1 heterocycles. The fourth-order valence-electron chi connectivity index (χ4n) is 3.01. The Hall–Kier alpha value is -4.40. The standard InChI is InChI=1S/C23H19FN6O2/c24-18-12-10-17(11-13-18)22-27-29-30(28-22)15-21(31)26-20-9-5-4-8-19(20)23(32)25-14-16-6-2-1-3-7-16/h1-13H,14-15H2,(H,25,32)(H,26,31). The number of carbonyl (C=O) groups excluding carboxylic acids is 2. The summed E-state index contributed by atoms with van der Waals surface area (Å²) in [6.07, 6.45) is 0. The summed E-state index contributed by atoms with van der Waals surface area (Å²) in [6.45, 7) is 0.172. The van der Waals surface area contributed by atoms with Crippen molar-refractivity contribution in [3.8, 4) is 11.4 Å². The first kappa shape index (κ1) is 20.9. The smallest absolute Gasteiger partial charge is 0.253 e. The van der Waals surface area contributed by atoms with E-state index in [-0.39, 0.29) is 24.1 Å². The van der Waals surface area contributed by atoms with Gasteiger partial charge in [0.15, 0.2) is 0 Å². The predicted octanol–water partition coefficient (Wildman–Crippen LogP) is 3.05. The van der Waals surface area contributed by atoms with Gasteiger partial charge in [-0.25, -0.2) is 4.39 Å². The monoisotopic (exact) mass is 430 g/mol. The normalized spacial score (nSPS) is 10.5. The van der Waals surface area contributed by atoms with Crippen LogP contribution < -0.4 is 10.6 Å². The lowest BCUT2D eigenvalue weighted by Crippen LogP contribution is -2.26. The molecule has 0 aliphatic carbocycles. The highest BCUT2D eigenvalue weighted by Crippen LogP contribution is 2.16. The fourth-order valence-corrected chi connectivity index (χ4v) is 3.01. The molecule has 4 rings (SSSR count). The molecule has 32 heavy (non-hydrogen) atoms. The number of para-hydroxylation sites is 1. The highest BCUT2D eigenvalue weighted by molar-refractivity contribution is 6.03. The van der Waals surface area contributed by atoms with E-state index in [0.717, 1.165) is 10.4 Å². The molecule has 0 radical (unpaired) electrons. The fraction of sp³-hybridized carbons (Fsp3) is 0.0870. The van der Waals surface area contributed by atoms with Crippen molar-refractivity contribution in [2.45, 2.75) is 13.1 Å². The van der Waals surface area contributed by atoms with Crippen LogP contribution in [0.3, 0.4) is 0 Å². The quantitative estimate of drug-likeness (QED) is 0.469. The van der Waals surface area contributed by atoms with Crippen LogP contribution in [0.15, 0.2) is 78.9 Å². The average Bonchev–Trinajstić information content (AvgIpc) is 3.27. The van der Waals surface area contributed by atoms with E-state index >= 15 is 0 Å². The maximum atomic E-state index is 13.1. The second-order valence-electron chi connectivity index (χ2n) is 6.91. The van der Waals surface area contributed by atoms with E-state index in [2.05, 4.69) is 26.0 Å². The zero-order valence-electron chi connectivity index (χ0n) is 16.9. The van der Waals surface area contributed by atoms with Crippen molar-refractivity contribution in [2.24, 2.45) is 0 Å². The highest BCUT2D eigenvalue weighted by atomic mass is 19.1. The number of carbonyl (C=O) groups is 2. The minimum absolute atomic E-state index is 0.200. The summed E-state index contributed by atoms with van der Waals surface area (Å²) < 4.78 is 13.1. The molecule has 0 unspecified atom stereocenters. The second kappa shape index (κ2) is 9.61. The highest BCUT2D eigenvalue weighted by Gasteiger charge is 2.15. The van der Waals surface area contributed by atoms with Crippen molar-refractivity contribution in [1.82, 2.24) is 25.5 Å². The molecule has 0 fully saturated rings. The van der Waals surface area contributed by atoms with Gasteiger partial charge < -0.3 is 10.6 Å². The molecule has 0 spiro atoms. The van der Waals surface area contributed by atoms with Gasteiger partial charge in [-0.05, 0) is 47.2 Å². The van der Waals surface area contributed by atoms with E-state index < -0.39 is 5.91 Å². The Kier molecular flexibility index (Phi) is 6.26. The molecular weight excluding hydrogens is 411 g/mol. The lowest BCUT2D eigenvalue weighted by atomic mass is 10.1. The molecule has 9 heteroatoms. The van der Waals surface area contributed by atoms with Crippen molar-refractivity contribution in [1.29, 1.82) is 0 Å². The van der Waals surface area contributed by atoms with Crippen LogP contribution in [0.2, 0.25) is 0 Å². The van der Waals surface area contributed by atoms with Gasteiger partial charge >= 0.3 is 0 Å². The van der Waals surface area contributed by atoms with E-state index in [9.17, 15) is 14.0 Å². The summed E-state index contributed by atoms with van der Waals surface area (Å²) in [6, 6.07) is 21.9. The van der Waals surface area contributed by atoms with Crippen LogP contribution >= 0.6 is 0 Å². The van der Waals surface area contributed by atoms with Gasteiger partial charge in [0.2, 0.25) is 11.7 Å². The van der Waals surface area contributed by atoms with E-state index in [1.54, 1.807) is 24.3 Å². The first-order chi connectivity index (χ1) is 15.6. The van der Waals surface area contributed by atoms with Crippen LogP contribution in [0.25, 0.3) is 11.4 Å². The topological polar surface area (TPSA) is 102 Å². The third kappa shape index (κ3) is 5.20. The Morgan fingerprint density at radius 2 is 1.62 bits per heavy atom. The Balaban J connectivity index is 1.39. The third-order valence-electron chi connectivity index (χ3n) is 4.58. The molecule has 160 valence electrons. The number of nitrogens with one attached hydrogen (secondary N) is 2. The van der Waals surface area contributed by atoms with Crippen LogP contribution in [-0.2, 0) is 17.9 Å². The van der Waals surface area contributed by atoms with Crippen LogP contribution in [0.1, 0.15) is 15.9 Å².